The topological polar surface area (TPSA) is 74.7 Å². The third kappa shape index (κ3) is 3.45. The van der Waals surface area contributed by atoms with E-state index in [2.05, 4.69) is 4.90 Å². The number of rotatable bonds is 3. The Bertz CT molecular complexity index is 392. The minimum Gasteiger partial charge on any atom is -0.481 e. The van der Waals surface area contributed by atoms with Gasteiger partial charge >= 0.3 is 5.97 Å². The van der Waals surface area contributed by atoms with Crippen molar-refractivity contribution in [1.82, 2.24) is 4.90 Å². The third-order valence-corrected chi connectivity index (χ3v) is 5.79. The average Bonchev–Trinajstić information content (AvgIpc) is 2.29. The molecule has 5 nitrogen and oxygen atoms in total. The second-order valence-corrected chi connectivity index (χ2v) is 7.67. The summed E-state index contributed by atoms with van der Waals surface area (Å²) in [7, 11) is -2.84. The van der Waals surface area contributed by atoms with E-state index >= 15 is 0 Å². The molecule has 1 atom stereocenters. The Labute approximate surface area is 108 Å². The van der Waals surface area contributed by atoms with E-state index in [9.17, 15) is 13.2 Å². The van der Waals surface area contributed by atoms with Crippen LogP contribution >= 0.6 is 0 Å². The van der Waals surface area contributed by atoms with Crippen molar-refractivity contribution >= 4 is 15.8 Å². The van der Waals surface area contributed by atoms with Gasteiger partial charge in [-0.2, -0.15) is 0 Å². The summed E-state index contributed by atoms with van der Waals surface area (Å²) < 4.78 is 22.9. The molecule has 2 aliphatic rings. The maximum atomic E-state index is 11.4. The van der Waals surface area contributed by atoms with Crippen LogP contribution in [-0.2, 0) is 14.6 Å². The predicted octanol–water partition coefficient (Wildman–Crippen LogP) is 0.893. The Morgan fingerprint density at radius 3 is 2.44 bits per heavy atom. The zero-order valence-electron chi connectivity index (χ0n) is 10.5. The van der Waals surface area contributed by atoms with Gasteiger partial charge in [0.05, 0.1) is 17.9 Å². The number of hydrogen-bond donors (Lipinski definition) is 1. The van der Waals surface area contributed by atoms with Crippen LogP contribution in [-0.4, -0.2) is 54.5 Å². The Kier molecular flexibility index (Phi) is 4.27. The summed E-state index contributed by atoms with van der Waals surface area (Å²) in [5, 5.41) is 8.94. The summed E-state index contributed by atoms with van der Waals surface area (Å²) in [5.41, 5.74) is 0. The number of carboxylic acids is 1. The van der Waals surface area contributed by atoms with Gasteiger partial charge in [-0.1, -0.05) is 6.42 Å². The Morgan fingerprint density at radius 2 is 1.83 bits per heavy atom. The molecule has 0 amide bonds. The minimum atomic E-state index is -2.84. The van der Waals surface area contributed by atoms with Gasteiger partial charge in [0, 0.05) is 12.1 Å². The van der Waals surface area contributed by atoms with E-state index in [4.69, 9.17) is 5.11 Å². The first-order valence-electron chi connectivity index (χ1n) is 6.66. The number of hydrogen-bond acceptors (Lipinski definition) is 4. The van der Waals surface area contributed by atoms with E-state index < -0.39 is 15.8 Å². The van der Waals surface area contributed by atoms with Crippen molar-refractivity contribution in [3.63, 3.8) is 0 Å². The van der Waals surface area contributed by atoms with Gasteiger partial charge in [-0.05, 0) is 32.2 Å². The molecule has 0 radical (unpaired) electrons. The molecule has 0 saturated carbocycles. The first-order valence-corrected chi connectivity index (χ1v) is 8.48. The van der Waals surface area contributed by atoms with Crippen LogP contribution in [0.1, 0.15) is 38.5 Å². The van der Waals surface area contributed by atoms with Crippen molar-refractivity contribution in [2.75, 3.05) is 18.1 Å². The highest BCUT2D eigenvalue weighted by Crippen LogP contribution is 2.27. The summed E-state index contributed by atoms with van der Waals surface area (Å²) >= 11 is 0. The molecule has 2 aliphatic heterocycles. The lowest BCUT2D eigenvalue weighted by Crippen LogP contribution is -2.49. The molecule has 0 aliphatic carbocycles. The highest BCUT2D eigenvalue weighted by Gasteiger charge is 2.33. The molecule has 2 fully saturated rings. The van der Waals surface area contributed by atoms with Gasteiger partial charge < -0.3 is 5.11 Å². The van der Waals surface area contributed by atoms with E-state index in [0.717, 1.165) is 25.8 Å². The molecule has 0 spiro atoms. The first-order chi connectivity index (χ1) is 8.48. The van der Waals surface area contributed by atoms with Crippen molar-refractivity contribution in [3.05, 3.63) is 0 Å². The molecule has 0 bridgehead atoms. The van der Waals surface area contributed by atoms with E-state index in [0.29, 0.717) is 12.8 Å². The molecule has 0 aromatic rings. The number of piperidine rings is 1. The molecule has 2 saturated heterocycles. The van der Waals surface area contributed by atoms with Crippen molar-refractivity contribution in [1.29, 1.82) is 0 Å². The van der Waals surface area contributed by atoms with E-state index in [-0.39, 0.29) is 30.0 Å². The van der Waals surface area contributed by atoms with Crippen LogP contribution in [0.3, 0.4) is 0 Å². The zero-order valence-corrected chi connectivity index (χ0v) is 11.4. The summed E-state index contributed by atoms with van der Waals surface area (Å²) in [6.07, 6.45) is 4.62. The summed E-state index contributed by atoms with van der Waals surface area (Å²) in [4.78, 5) is 13.1. The SMILES string of the molecule is O=C(O)CC1CCCCN1C1CCS(=O)(=O)CC1. The van der Waals surface area contributed by atoms with Crippen LogP contribution in [0.5, 0.6) is 0 Å². The first kappa shape index (κ1) is 13.8. The van der Waals surface area contributed by atoms with Crippen LogP contribution < -0.4 is 0 Å². The number of nitrogens with zero attached hydrogens (tertiary/aromatic N) is 1. The average molecular weight is 275 g/mol. The molecule has 0 aromatic heterocycles. The molecule has 1 unspecified atom stereocenters. The number of likely N-dealkylation sites (tertiary alicyclic amines) is 1. The molecule has 2 heterocycles. The molecule has 2 rings (SSSR count). The van der Waals surface area contributed by atoms with E-state index in [1.807, 2.05) is 0 Å². The van der Waals surface area contributed by atoms with Gasteiger partial charge in [-0.25, -0.2) is 8.42 Å². The monoisotopic (exact) mass is 275 g/mol. The number of sulfone groups is 1. The van der Waals surface area contributed by atoms with Crippen molar-refractivity contribution in [3.8, 4) is 0 Å². The van der Waals surface area contributed by atoms with Gasteiger partial charge in [0.1, 0.15) is 9.84 Å². The molecular formula is C12H21NO4S. The lowest BCUT2D eigenvalue weighted by atomic mass is 9.95. The fourth-order valence-electron chi connectivity index (χ4n) is 3.13. The quantitative estimate of drug-likeness (QED) is 0.828. The smallest absolute Gasteiger partial charge is 0.304 e. The van der Waals surface area contributed by atoms with Crippen LogP contribution in [0.2, 0.25) is 0 Å². The molecule has 1 N–H and O–H groups in total. The lowest BCUT2D eigenvalue weighted by molar-refractivity contribution is -0.139. The Balaban J connectivity index is 1.99. The number of aliphatic carboxylic acids is 1. The van der Waals surface area contributed by atoms with E-state index in [1.54, 1.807) is 0 Å². The van der Waals surface area contributed by atoms with Gasteiger partial charge in [0.15, 0.2) is 0 Å². The fourth-order valence-corrected chi connectivity index (χ4v) is 4.60. The zero-order chi connectivity index (χ0) is 13.2. The van der Waals surface area contributed by atoms with E-state index in [1.165, 1.54) is 0 Å². The number of carboxylic acid groups (broad SMARTS) is 1. The highest BCUT2D eigenvalue weighted by molar-refractivity contribution is 7.91. The second-order valence-electron chi connectivity index (χ2n) is 5.37. The van der Waals surface area contributed by atoms with Gasteiger partial charge in [-0.15, -0.1) is 0 Å². The van der Waals surface area contributed by atoms with Crippen molar-refractivity contribution in [2.24, 2.45) is 0 Å². The summed E-state index contributed by atoms with van der Waals surface area (Å²) in [6, 6.07) is 0.361. The van der Waals surface area contributed by atoms with Gasteiger partial charge in [0.2, 0.25) is 0 Å². The lowest BCUT2D eigenvalue weighted by Gasteiger charge is -2.42. The van der Waals surface area contributed by atoms with Crippen LogP contribution in [0.4, 0.5) is 0 Å². The minimum absolute atomic E-state index is 0.0991. The largest absolute Gasteiger partial charge is 0.481 e. The van der Waals surface area contributed by atoms with Crippen LogP contribution in [0, 0.1) is 0 Å². The normalized spacial score (nSPS) is 30.1. The fraction of sp³-hybridized carbons (Fsp3) is 0.917. The maximum Gasteiger partial charge on any atom is 0.304 e. The molecule has 18 heavy (non-hydrogen) atoms. The van der Waals surface area contributed by atoms with Gasteiger partial charge in [0.25, 0.3) is 0 Å². The highest BCUT2D eigenvalue weighted by atomic mass is 32.2. The Morgan fingerprint density at radius 1 is 1.17 bits per heavy atom. The van der Waals surface area contributed by atoms with Crippen molar-refractivity contribution < 1.29 is 18.3 Å². The summed E-state index contributed by atoms with van der Waals surface area (Å²) in [5.74, 6) is -0.239. The standard InChI is InChI=1S/C12H21NO4S/c14-12(15)9-11-3-1-2-6-13(11)10-4-7-18(16,17)8-5-10/h10-11H,1-9H2,(H,14,15). The van der Waals surface area contributed by atoms with Crippen LogP contribution in [0.25, 0.3) is 0 Å². The molecule has 6 heteroatoms. The Hall–Kier alpha value is -0.620. The summed E-state index contributed by atoms with van der Waals surface area (Å²) in [6.45, 7) is 0.919. The predicted molar refractivity (Wildman–Crippen MR) is 68.3 cm³/mol. The number of carbonyl (C=O) groups is 1. The molecule has 0 aromatic carbocycles. The van der Waals surface area contributed by atoms with Gasteiger partial charge in [-0.3, -0.25) is 9.69 Å². The molecular weight excluding hydrogens is 254 g/mol. The van der Waals surface area contributed by atoms with Crippen molar-refractivity contribution in [2.45, 2.75) is 50.6 Å². The third-order valence-electron chi connectivity index (χ3n) is 4.08. The second kappa shape index (κ2) is 5.57. The maximum absolute atomic E-state index is 11.4. The molecule has 104 valence electrons. The van der Waals surface area contributed by atoms with Crippen LogP contribution in [0.15, 0.2) is 0 Å².